The first-order valence-electron chi connectivity index (χ1n) is 5.22. The largest absolute Gasteiger partial charge is 0.545 e. The van der Waals surface area contributed by atoms with Crippen molar-refractivity contribution in [3.05, 3.63) is 59.7 Å². The summed E-state index contributed by atoms with van der Waals surface area (Å²) in [5.74, 6) is -1.18. The summed E-state index contributed by atoms with van der Waals surface area (Å²) in [7, 11) is 0. The van der Waals surface area contributed by atoms with Gasteiger partial charge in [-0.2, -0.15) is 0 Å². The highest BCUT2D eigenvalue weighted by Crippen LogP contribution is 2.20. The van der Waals surface area contributed by atoms with Crippen molar-refractivity contribution in [3.8, 4) is 11.1 Å². The first kappa shape index (κ1) is 11.4. The van der Waals surface area contributed by atoms with Gasteiger partial charge in [0.05, 0.1) is 12.6 Å². The van der Waals surface area contributed by atoms with Gasteiger partial charge in [-0.3, -0.25) is 0 Å². The van der Waals surface area contributed by atoms with Gasteiger partial charge in [-0.25, -0.2) is 0 Å². The van der Waals surface area contributed by atoms with Crippen LogP contribution < -0.4 is 5.11 Å². The molecule has 0 atom stereocenters. The monoisotopic (exact) mass is 227 g/mol. The molecule has 2 aromatic carbocycles. The first-order chi connectivity index (χ1) is 8.20. The average molecular weight is 227 g/mol. The molecule has 17 heavy (non-hydrogen) atoms. The highest BCUT2D eigenvalue weighted by atomic mass is 16.4. The molecule has 1 N–H and O–H groups in total. The van der Waals surface area contributed by atoms with Gasteiger partial charge in [0.2, 0.25) is 0 Å². The number of carbonyl (C=O) groups is 1. The summed E-state index contributed by atoms with van der Waals surface area (Å²) in [4.78, 5) is 10.6. The van der Waals surface area contributed by atoms with Crippen LogP contribution in [0.3, 0.4) is 0 Å². The Labute approximate surface area is 99.0 Å². The van der Waals surface area contributed by atoms with Gasteiger partial charge in [0, 0.05) is 0 Å². The molecule has 0 saturated carbocycles. The third kappa shape index (κ3) is 2.52. The maximum atomic E-state index is 10.6. The Hall–Kier alpha value is -2.13. The molecular formula is C14H11O3-. The van der Waals surface area contributed by atoms with Gasteiger partial charge in [-0.05, 0) is 28.3 Å². The molecule has 86 valence electrons. The van der Waals surface area contributed by atoms with Gasteiger partial charge in [0.15, 0.2) is 0 Å². The van der Waals surface area contributed by atoms with Gasteiger partial charge in [-0.15, -0.1) is 0 Å². The van der Waals surface area contributed by atoms with Crippen LogP contribution in [0.2, 0.25) is 0 Å². The van der Waals surface area contributed by atoms with E-state index in [4.69, 9.17) is 5.11 Å². The number of carbonyl (C=O) groups excluding carboxylic acids is 1. The number of aromatic carboxylic acids is 1. The number of hydrogen-bond acceptors (Lipinski definition) is 3. The van der Waals surface area contributed by atoms with E-state index < -0.39 is 5.97 Å². The number of rotatable bonds is 3. The Morgan fingerprint density at radius 3 is 2.35 bits per heavy atom. The number of aliphatic hydroxyl groups excluding tert-OH is 1. The molecule has 2 aromatic rings. The van der Waals surface area contributed by atoms with Gasteiger partial charge < -0.3 is 15.0 Å². The van der Waals surface area contributed by atoms with Crippen molar-refractivity contribution in [2.75, 3.05) is 0 Å². The van der Waals surface area contributed by atoms with Crippen molar-refractivity contribution in [2.24, 2.45) is 0 Å². The molecule has 0 aliphatic rings. The van der Waals surface area contributed by atoms with Crippen LogP contribution in [0.25, 0.3) is 11.1 Å². The minimum Gasteiger partial charge on any atom is -0.545 e. The minimum atomic E-state index is -1.18. The fourth-order valence-corrected chi connectivity index (χ4v) is 1.65. The molecule has 3 nitrogen and oxygen atoms in total. The van der Waals surface area contributed by atoms with Crippen LogP contribution in [0, 0.1) is 0 Å². The van der Waals surface area contributed by atoms with E-state index in [1.54, 1.807) is 12.1 Å². The lowest BCUT2D eigenvalue weighted by Gasteiger charge is -2.06. The molecule has 0 spiro atoms. The van der Waals surface area contributed by atoms with E-state index >= 15 is 0 Å². The predicted octanol–water partition coefficient (Wildman–Crippen LogP) is 1.21. The molecule has 0 saturated heterocycles. The summed E-state index contributed by atoms with van der Waals surface area (Å²) in [6.45, 7) is -0.00896. The summed E-state index contributed by atoms with van der Waals surface area (Å²) in [6, 6.07) is 13.9. The Morgan fingerprint density at radius 1 is 1.06 bits per heavy atom. The molecule has 3 heteroatoms. The van der Waals surface area contributed by atoms with Crippen molar-refractivity contribution < 1.29 is 15.0 Å². The maximum Gasteiger partial charge on any atom is 0.0715 e. The molecule has 0 aliphatic heterocycles. The SMILES string of the molecule is O=C([O-])c1ccc(-c2cccc(CO)c2)cc1. The summed E-state index contributed by atoms with van der Waals surface area (Å²) >= 11 is 0. The normalized spacial score (nSPS) is 10.2. The van der Waals surface area contributed by atoms with E-state index in [-0.39, 0.29) is 12.2 Å². The topological polar surface area (TPSA) is 60.4 Å². The zero-order chi connectivity index (χ0) is 12.3. The quantitative estimate of drug-likeness (QED) is 0.857. The van der Waals surface area contributed by atoms with Crippen LogP contribution in [0.5, 0.6) is 0 Å². The summed E-state index contributed by atoms with van der Waals surface area (Å²) in [5, 5.41) is 19.6. The van der Waals surface area contributed by atoms with Crippen LogP contribution in [-0.2, 0) is 6.61 Å². The van der Waals surface area contributed by atoms with E-state index in [1.807, 2.05) is 24.3 Å². The predicted molar refractivity (Wildman–Crippen MR) is 62.1 cm³/mol. The summed E-state index contributed by atoms with van der Waals surface area (Å²) < 4.78 is 0. The van der Waals surface area contributed by atoms with Crippen molar-refractivity contribution in [1.82, 2.24) is 0 Å². The zero-order valence-corrected chi connectivity index (χ0v) is 9.09. The van der Waals surface area contributed by atoms with Crippen molar-refractivity contribution >= 4 is 5.97 Å². The molecule has 0 amide bonds. The smallest absolute Gasteiger partial charge is 0.0715 e. The second-order valence-electron chi connectivity index (χ2n) is 3.72. The third-order valence-electron chi connectivity index (χ3n) is 2.56. The van der Waals surface area contributed by atoms with Crippen LogP contribution in [0.4, 0.5) is 0 Å². The standard InChI is InChI=1S/C14H12O3/c15-9-10-2-1-3-13(8-10)11-4-6-12(7-5-11)14(16)17/h1-8,15H,9H2,(H,16,17)/p-1. The Balaban J connectivity index is 2.36. The van der Waals surface area contributed by atoms with Gasteiger partial charge in [-0.1, -0.05) is 42.5 Å². The van der Waals surface area contributed by atoms with Gasteiger partial charge >= 0.3 is 0 Å². The minimum absolute atomic E-state index is 0.00896. The second-order valence-corrected chi connectivity index (χ2v) is 3.72. The lowest BCUT2D eigenvalue weighted by atomic mass is 10.0. The lowest BCUT2D eigenvalue weighted by molar-refractivity contribution is -0.255. The summed E-state index contributed by atoms with van der Waals surface area (Å²) in [6.07, 6.45) is 0. The van der Waals surface area contributed by atoms with Gasteiger partial charge in [0.25, 0.3) is 0 Å². The fraction of sp³-hybridized carbons (Fsp3) is 0.0714. The Kier molecular flexibility index (Phi) is 3.21. The van der Waals surface area contributed by atoms with Crippen LogP contribution >= 0.6 is 0 Å². The van der Waals surface area contributed by atoms with Crippen LogP contribution in [-0.4, -0.2) is 11.1 Å². The van der Waals surface area contributed by atoms with E-state index in [2.05, 4.69) is 0 Å². The highest BCUT2D eigenvalue weighted by Gasteiger charge is 1.99. The molecule has 0 heterocycles. The zero-order valence-electron chi connectivity index (χ0n) is 9.09. The molecule has 0 aliphatic carbocycles. The first-order valence-corrected chi connectivity index (χ1v) is 5.22. The lowest BCUT2D eigenvalue weighted by Crippen LogP contribution is -2.21. The Bertz CT molecular complexity index is 529. The van der Waals surface area contributed by atoms with Crippen molar-refractivity contribution in [3.63, 3.8) is 0 Å². The van der Waals surface area contributed by atoms with E-state index in [0.717, 1.165) is 16.7 Å². The van der Waals surface area contributed by atoms with E-state index in [1.165, 1.54) is 12.1 Å². The molecular weight excluding hydrogens is 216 g/mol. The number of carboxylic acid groups (broad SMARTS) is 1. The molecule has 0 aromatic heterocycles. The number of aliphatic hydroxyl groups is 1. The number of carboxylic acids is 1. The number of benzene rings is 2. The van der Waals surface area contributed by atoms with Gasteiger partial charge in [0.1, 0.15) is 0 Å². The fourth-order valence-electron chi connectivity index (χ4n) is 1.65. The van der Waals surface area contributed by atoms with E-state index in [9.17, 15) is 9.90 Å². The van der Waals surface area contributed by atoms with Crippen molar-refractivity contribution in [1.29, 1.82) is 0 Å². The van der Waals surface area contributed by atoms with E-state index in [0.29, 0.717) is 0 Å². The molecule has 0 fully saturated rings. The number of hydrogen-bond donors (Lipinski definition) is 1. The van der Waals surface area contributed by atoms with Crippen molar-refractivity contribution in [2.45, 2.75) is 6.61 Å². The molecule has 0 bridgehead atoms. The second kappa shape index (κ2) is 4.80. The van der Waals surface area contributed by atoms with Crippen LogP contribution in [0.1, 0.15) is 15.9 Å². The third-order valence-corrected chi connectivity index (χ3v) is 2.56. The highest BCUT2D eigenvalue weighted by molar-refractivity contribution is 5.86. The van der Waals surface area contributed by atoms with Crippen LogP contribution in [0.15, 0.2) is 48.5 Å². The molecule has 2 rings (SSSR count). The average Bonchev–Trinajstić information content (AvgIpc) is 2.39. The molecule has 0 unspecified atom stereocenters. The summed E-state index contributed by atoms with van der Waals surface area (Å²) in [5.41, 5.74) is 2.84. The molecule has 0 radical (unpaired) electrons. The maximum absolute atomic E-state index is 10.6. The Morgan fingerprint density at radius 2 is 1.76 bits per heavy atom.